The van der Waals surface area contributed by atoms with E-state index < -0.39 is 21.7 Å². The van der Waals surface area contributed by atoms with Gasteiger partial charge in [0.2, 0.25) is 10.0 Å². The van der Waals surface area contributed by atoms with E-state index in [9.17, 15) is 28.5 Å². The van der Waals surface area contributed by atoms with Gasteiger partial charge in [-0.15, -0.1) is 0 Å². The minimum atomic E-state index is -3.59. The van der Waals surface area contributed by atoms with Gasteiger partial charge in [-0.1, -0.05) is 30.3 Å². The number of aromatic hydroxyl groups is 2. The second kappa shape index (κ2) is 12.5. The van der Waals surface area contributed by atoms with Gasteiger partial charge in [-0.25, -0.2) is 8.42 Å². The first-order chi connectivity index (χ1) is 18.2. The maximum absolute atomic E-state index is 12.7. The standard InChI is InChI=1S/C29H37N3O6S/c1-19-14-20(8-10-25(19)33)12-13-30-28(36)23-7-5-6-21(15-23)17-29(2,3)31-18-27(35)22-9-11-26(34)24(16-22)32-39(4,37)38/h5-11,14-16,27,31-35H,12-13,17-18H2,1-4H3,(H,30,36)/t27-/m1/s1. The molecule has 0 aromatic heterocycles. The minimum Gasteiger partial charge on any atom is -0.508 e. The average molecular weight is 556 g/mol. The molecule has 0 unspecified atom stereocenters. The summed E-state index contributed by atoms with van der Waals surface area (Å²) in [5.74, 6) is -0.147. The largest absolute Gasteiger partial charge is 0.508 e. The van der Waals surface area contributed by atoms with Gasteiger partial charge in [0.25, 0.3) is 5.91 Å². The van der Waals surface area contributed by atoms with Crippen LogP contribution in [0.25, 0.3) is 0 Å². The molecule has 0 bridgehead atoms. The van der Waals surface area contributed by atoms with Crippen molar-refractivity contribution in [2.24, 2.45) is 0 Å². The number of hydrogen-bond donors (Lipinski definition) is 6. The summed E-state index contributed by atoms with van der Waals surface area (Å²) in [6.45, 7) is 6.46. The number of hydrogen-bond acceptors (Lipinski definition) is 7. The Morgan fingerprint density at radius 1 is 0.974 bits per heavy atom. The lowest BCUT2D eigenvalue weighted by Crippen LogP contribution is -2.43. The molecular formula is C29H37N3O6S. The Labute approximate surface area is 230 Å². The van der Waals surface area contributed by atoms with E-state index in [-0.39, 0.29) is 29.6 Å². The predicted molar refractivity (Wildman–Crippen MR) is 153 cm³/mol. The lowest BCUT2D eigenvalue weighted by atomic mass is 9.93. The van der Waals surface area contributed by atoms with Gasteiger partial charge < -0.3 is 26.0 Å². The quantitative estimate of drug-likeness (QED) is 0.188. The highest BCUT2D eigenvalue weighted by atomic mass is 32.2. The summed E-state index contributed by atoms with van der Waals surface area (Å²) >= 11 is 0. The van der Waals surface area contributed by atoms with E-state index >= 15 is 0 Å². The number of β-amino-alcohol motifs (C(OH)–C–C–N with tert-alkyl or cyclic N) is 1. The Hall–Kier alpha value is -3.60. The van der Waals surface area contributed by atoms with Gasteiger partial charge in [-0.2, -0.15) is 0 Å². The number of carbonyl (C=O) groups excluding carboxylic acids is 1. The molecule has 0 aliphatic carbocycles. The summed E-state index contributed by atoms with van der Waals surface area (Å²) in [4.78, 5) is 12.7. The molecular weight excluding hydrogens is 518 g/mol. The highest BCUT2D eigenvalue weighted by molar-refractivity contribution is 7.92. The smallest absolute Gasteiger partial charge is 0.251 e. The first-order valence-electron chi connectivity index (χ1n) is 12.6. The van der Waals surface area contributed by atoms with E-state index in [4.69, 9.17) is 0 Å². The Morgan fingerprint density at radius 3 is 2.38 bits per heavy atom. The van der Waals surface area contributed by atoms with Gasteiger partial charge in [0.05, 0.1) is 18.0 Å². The number of carbonyl (C=O) groups is 1. The van der Waals surface area contributed by atoms with Gasteiger partial charge >= 0.3 is 0 Å². The lowest BCUT2D eigenvalue weighted by Gasteiger charge is -2.28. The van der Waals surface area contributed by atoms with Crippen LogP contribution in [-0.2, 0) is 22.9 Å². The van der Waals surface area contributed by atoms with Crippen molar-refractivity contribution in [1.29, 1.82) is 0 Å². The molecule has 9 nitrogen and oxygen atoms in total. The Bertz CT molecular complexity index is 1420. The molecule has 0 spiro atoms. The molecule has 3 rings (SSSR count). The van der Waals surface area contributed by atoms with Crippen LogP contribution in [0.4, 0.5) is 5.69 Å². The van der Waals surface area contributed by atoms with E-state index in [1.165, 1.54) is 18.2 Å². The molecule has 0 heterocycles. The first-order valence-corrected chi connectivity index (χ1v) is 14.5. The van der Waals surface area contributed by atoms with Crippen LogP contribution in [0.1, 0.15) is 52.6 Å². The van der Waals surface area contributed by atoms with Crippen molar-refractivity contribution < 1.29 is 28.5 Å². The van der Waals surface area contributed by atoms with E-state index in [0.717, 1.165) is 22.9 Å². The number of phenols is 2. The highest BCUT2D eigenvalue weighted by Crippen LogP contribution is 2.28. The van der Waals surface area contributed by atoms with Crippen molar-refractivity contribution in [3.8, 4) is 11.5 Å². The first kappa shape index (κ1) is 29.9. The zero-order valence-electron chi connectivity index (χ0n) is 22.7. The summed E-state index contributed by atoms with van der Waals surface area (Å²) in [6, 6.07) is 17.1. The number of aliphatic hydroxyl groups excluding tert-OH is 1. The number of phenolic OH excluding ortho intramolecular Hbond substituents is 2. The normalized spacial score (nSPS) is 12.6. The van der Waals surface area contributed by atoms with Crippen molar-refractivity contribution >= 4 is 21.6 Å². The number of aryl methyl sites for hydroxylation is 1. The highest BCUT2D eigenvalue weighted by Gasteiger charge is 2.21. The topological polar surface area (TPSA) is 148 Å². The van der Waals surface area contributed by atoms with E-state index in [0.29, 0.717) is 30.5 Å². The summed E-state index contributed by atoms with van der Waals surface area (Å²) in [5, 5.41) is 36.5. The molecule has 0 aliphatic heterocycles. The van der Waals surface area contributed by atoms with Gasteiger partial charge in [0, 0.05) is 24.2 Å². The maximum Gasteiger partial charge on any atom is 0.251 e. The Kier molecular flexibility index (Phi) is 9.60. The molecule has 0 aliphatic rings. The van der Waals surface area contributed by atoms with E-state index in [1.807, 2.05) is 51.1 Å². The van der Waals surface area contributed by atoms with Crippen molar-refractivity contribution in [2.75, 3.05) is 24.1 Å². The molecule has 0 saturated heterocycles. The van der Waals surface area contributed by atoms with E-state index in [2.05, 4.69) is 15.4 Å². The third-order valence-corrected chi connectivity index (χ3v) is 6.86. The van der Waals surface area contributed by atoms with Crippen LogP contribution < -0.4 is 15.4 Å². The molecule has 3 aromatic carbocycles. The van der Waals surface area contributed by atoms with Crippen LogP contribution in [0, 0.1) is 6.92 Å². The zero-order valence-corrected chi connectivity index (χ0v) is 23.5. The molecule has 39 heavy (non-hydrogen) atoms. The summed E-state index contributed by atoms with van der Waals surface area (Å²) in [7, 11) is -3.59. The fourth-order valence-electron chi connectivity index (χ4n) is 4.22. The minimum absolute atomic E-state index is 0.00146. The van der Waals surface area contributed by atoms with E-state index in [1.54, 1.807) is 12.1 Å². The molecule has 0 saturated carbocycles. The number of benzene rings is 3. The van der Waals surface area contributed by atoms with Crippen molar-refractivity contribution in [3.63, 3.8) is 0 Å². The number of amides is 1. The van der Waals surface area contributed by atoms with Gasteiger partial charge in [-0.3, -0.25) is 9.52 Å². The molecule has 0 radical (unpaired) electrons. The van der Waals surface area contributed by atoms with Crippen LogP contribution >= 0.6 is 0 Å². The Balaban J connectivity index is 1.56. The van der Waals surface area contributed by atoms with Crippen LogP contribution in [0.5, 0.6) is 11.5 Å². The van der Waals surface area contributed by atoms with Crippen molar-refractivity contribution in [2.45, 2.75) is 45.3 Å². The lowest BCUT2D eigenvalue weighted by molar-refractivity contribution is 0.0954. The van der Waals surface area contributed by atoms with Crippen LogP contribution in [0.3, 0.4) is 0 Å². The number of anilines is 1. The van der Waals surface area contributed by atoms with Crippen LogP contribution in [-0.4, -0.2) is 54.5 Å². The molecule has 3 aromatic rings. The second-order valence-electron chi connectivity index (χ2n) is 10.4. The number of sulfonamides is 1. The van der Waals surface area contributed by atoms with Crippen LogP contribution in [0.2, 0.25) is 0 Å². The summed E-state index contributed by atoms with van der Waals surface area (Å²) in [5.41, 5.74) is 3.35. The molecule has 1 atom stereocenters. The second-order valence-corrected chi connectivity index (χ2v) is 12.2. The van der Waals surface area contributed by atoms with Crippen molar-refractivity contribution in [1.82, 2.24) is 10.6 Å². The molecule has 1 amide bonds. The molecule has 6 N–H and O–H groups in total. The number of aliphatic hydroxyl groups is 1. The van der Waals surface area contributed by atoms with Gasteiger partial charge in [0.15, 0.2) is 0 Å². The number of rotatable bonds is 12. The Morgan fingerprint density at radius 2 is 1.69 bits per heavy atom. The third kappa shape index (κ3) is 9.27. The summed E-state index contributed by atoms with van der Waals surface area (Å²) in [6.07, 6.45) is 1.28. The number of nitrogens with one attached hydrogen (secondary N) is 3. The fourth-order valence-corrected chi connectivity index (χ4v) is 4.79. The predicted octanol–water partition coefficient (Wildman–Crippen LogP) is 3.39. The molecule has 210 valence electrons. The molecule has 10 heteroatoms. The maximum atomic E-state index is 12.7. The average Bonchev–Trinajstić information content (AvgIpc) is 2.85. The third-order valence-electron chi connectivity index (χ3n) is 6.27. The summed E-state index contributed by atoms with van der Waals surface area (Å²) < 4.78 is 25.3. The van der Waals surface area contributed by atoms with Crippen LogP contribution in [0.15, 0.2) is 60.7 Å². The zero-order chi connectivity index (χ0) is 28.8. The monoisotopic (exact) mass is 555 g/mol. The molecule has 0 fully saturated rings. The SMILES string of the molecule is Cc1cc(CCNC(=O)c2cccc(CC(C)(C)NC[C@@H](O)c3ccc(O)c(NS(C)(=O)=O)c3)c2)ccc1O. The van der Waals surface area contributed by atoms with Gasteiger partial charge in [0.1, 0.15) is 11.5 Å². The fraction of sp³-hybridized carbons (Fsp3) is 0.345. The van der Waals surface area contributed by atoms with Crippen molar-refractivity contribution in [3.05, 3.63) is 88.5 Å². The van der Waals surface area contributed by atoms with Gasteiger partial charge in [-0.05, 0) is 86.2 Å².